The van der Waals surface area contributed by atoms with Crippen molar-refractivity contribution in [1.82, 2.24) is 0 Å². The molecule has 0 aliphatic rings. The molecule has 0 bridgehead atoms. The Hall–Kier alpha value is -1.08. The molecule has 1 unspecified atom stereocenters. The highest BCUT2D eigenvalue weighted by Crippen LogP contribution is 2.18. The Morgan fingerprint density at radius 1 is 1.45 bits per heavy atom. The highest BCUT2D eigenvalue weighted by Gasteiger charge is 2.10. The summed E-state index contributed by atoms with van der Waals surface area (Å²) in [5.41, 5.74) is 0.230. The van der Waals surface area contributed by atoms with E-state index < -0.39 is 5.60 Å². The summed E-state index contributed by atoms with van der Waals surface area (Å²) in [5, 5.41) is 9.66. The molecule has 1 N–H and O–H groups in total. The van der Waals surface area contributed by atoms with Gasteiger partial charge in [-0.05, 0) is 38.3 Å². The van der Waals surface area contributed by atoms with Crippen LogP contribution >= 0.6 is 15.9 Å². The third-order valence-corrected chi connectivity index (χ3v) is 3.36. The monoisotopic (exact) mass is 336 g/mol. The van der Waals surface area contributed by atoms with Gasteiger partial charge in [0.1, 0.15) is 11.7 Å². The fourth-order valence-electron chi connectivity index (χ4n) is 1.63. The maximum absolute atomic E-state index is 9.66. The number of halogens is 1. The van der Waals surface area contributed by atoms with E-state index in [9.17, 15) is 5.11 Å². The average Bonchev–Trinajstić information content (AvgIpc) is 2.38. The molecule has 1 aromatic carbocycles. The standard InChI is InChI=1S/C17H21BrO2/c1-4-13-20-15(11-12-17(2,3)19)10-9-14-7-5-6-8-16(14)18/h4-8,15,19H,1,9-10,13H2,2-3H3. The Labute approximate surface area is 130 Å². The lowest BCUT2D eigenvalue weighted by Gasteiger charge is -2.13. The van der Waals surface area contributed by atoms with E-state index in [1.807, 2.05) is 18.2 Å². The van der Waals surface area contributed by atoms with Crippen molar-refractivity contribution >= 4 is 15.9 Å². The molecule has 0 heterocycles. The molecule has 0 saturated heterocycles. The minimum absolute atomic E-state index is 0.202. The van der Waals surface area contributed by atoms with E-state index in [-0.39, 0.29) is 6.10 Å². The SMILES string of the molecule is C=CCOC(C#CC(C)(C)O)CCc1ccccc1Br. The minimum Gasteiger partial charge on any atom is -0.378 e. The first-order valence-electron chi connectivity index (χ1n) is 6.63. The molecular formula is C17H21BrO2. The Morgan fingerprint density at radius 3 is 2.75 bits per heavy atom. The number of aryl methyl sites for hydroxylation is 1. The molecule has 2 nitrogen and oxygen atoms in total. The summed E-state index contributed by atoms with van der Waals surface area (Å²) in [6.45, 7) is 7.43. The third-order valence-electron chi connectivity index (χ3n) is 2.59. The van der Waals surface area contributed by atoms with Crippen molar-refractivity contribution in [2.24, 2.45) is 0 Å². The van der Waals surface area contributed by atoms with Crippen molar-refractivity contribution in [3.63, 3.8) is 0 Å². The van der Waals surface area contributed by atoms with Gasteiger partial charge in [0.05, 0.1) is 6.61 Å². The van der Waals surface area contributed by atoms with Crippen LogP contribution in [0.3, 0.4) is 0 Å². The molecule has 1 atom stereocenters. The molecule has 0 aliphatic heterocycles. The first-order valence-corrected chi connectivity index (χ1v) is 7.42. The molecule has 0 aliphatic carbocycles. The van der Waals surface area contributed by atoms with Gasteiger partial charge in [-0.3, -0.25) is 0 Å². The number of benzene rings is 1. The number of ether oxygens (including phenoxy) is 1. The fraction of sp³-hybridized carbons (Fsp3) is 0.412. The summed E-state index contributed by atoms with van der Waals surface area (Å²) in [7, 11) is 0. The summed E-state index contributed by atoms with van der Waals surface area (Å²) in [6.07, 6.45) is 3.15. The summed E-state index contributed by atoms with van der Waals surface area (Å²) >= 11 is 3.54. The summed E-state index contributed by atoms with van der Waals surface area (Å²) in [5.74, 6) is 5.82. The predicted molar refractivity (Wildman–Crippen MR) is 86.5 cm³/mol. The first-order chi connectivity index (χ1) is 9.42. The molecule has 0 spiro atoms. The molecule has 1 aromatic rings. The number of hydrogen-bond donors (Lipinski definition) is 1. The second kappa shape index (κ2) is 8.26. The van der Waals surface area contributed by atoms with Gasteiger partial charge in [-0.15, -0.1) is 6.58 Å². The van der Waals surface area contributed by atoms with Gasteiger partial charge in [0, 0.05) is 4.47 Å². The maximum atomic E-state index is 9.66. The highest BCUT2D eigenvalue weighted by molar-refractivity contribution is 9.10. The van der Waals surface area contributed by atoms with Gasteiger partial charge in [0.2, 0.25) is 0 Å². The van der Waals surface area contributed by atoms with E-state index in [0.717, 1.165) is 17.3 Å². The lowest BCUT2D eigenvalue weighted by Crippen LogP contribution is -2.18. The van der Waals surface area contributed by atoms with Crippen LogP contribution in [0.5, 0.6) is 0 Å². The number of rotatable bonds is 6. The molecule has 0 aromatic heterocycles. The van der Waals surface area contributed by atoms with Gasteiger partial charge in [0.25, 0.3) is 0 Å². The van der Waals surface area contributed by atoms with E-state index in [4.69, 9.17) is 4.74 Å². The molecule has 20 heavy (non-hydrogen) atoms. The zero-order valence-electron chi connectivity index (χ0n) is 12.0. The fourth-order valence-corrected chi connectivity index (χ4v) is 2.11. The number of aliphatic hydroxyl groups is 1. The lowest BCUT2D eigenvalue weighted by atomic mass is 10.1. The van der Waals surface area contributed by atoms with Gasteiger partial charge in [-0.1, -0.05) is 52.0 Å². The van der Waals surface area contributed by atoms with E-state index in [0.29, 0.717) is 6.61 Å². The van der Waals surface area contributed by atoms with Gasteiger partial charge < -0.3 is 9.84 Å². The smallest absolute Gasteiger partial charge is 0.120 e. The number of hydrogen-bond acceptors (Lipinski definition) is 2. The first kappa shape index (κ1) is 17.0. The Morgan fingerprint density at radius 2 is 2.15 bits per heavy atom. The lowest BCUT2D eigenvalue weighted by molar-refractivity contribution is 0.107. The van der Waals surface area contributed by atoms with Crippen LogP contribution in [0.4, 0.5) is 0 Å². The van der Waals surface area contributed by atoms with E-state index in [1.165, 1.54) is 5.56 Å². The molecule has 0 radical (unpaired) electrons. The Bertz CT molecular complexity index is 492. The summed E-state index contributed by atoms with van der Waals surface area (Å²) in [4.78, 5) is 0. The zero-order valence-corrected chi connectivity index (χ0v) is 13.6. The van der Waals surface area contributed by atoms with Crippen LogP contribution in [0.2, 0.25) is 0 Å². The Kier molecular flexibility index (Phi) is 7.01. The van der Waals surface area contributed by atoms with Crippen molar-refractivity contribution in [1.29, 1.82) is 0 Å². The second-order valence-corrected chi connectivity index (χ2v) is 5.92. The van der Waals surface area contributed by atoms with Crippen LogP contribution in [0.1, 0.15) is 25.8 Å². The summed E-state index contributed by atoms with van der Waals surface area (Å²) < 4.78 is 6.73. The van der Waals surface area contributed by atoms with Crippen molar-refractivity contribution < 1.29 is 9.84 Å². The maximum Gasteiger partial charge on any atom is 0.120 e. The highest BCUT2D eigenvalue weighted by atomic mass is 79.9. The predicted octanol–water partition coefficient (Wildman–Crippen LogP) is 3.73. The van der Waals surface area contributed by atoms with Crippen LogP contribution in [0.15, 0.2) is 41.4 Å². The largest absolute Gasteiger partial charge is 0.378 e. The van der Waals surface area contributed by atoms with Crippen LogP contribution in [-0.2, 0) is 11.2 Å². The zero-order chi connectivity index (χ0) is 15.0. The molecule has 0 saturated carbocycles. The third kappa shape index (κ3) is 6.91. The minimum atomic E-state index is -0.997. The second-order valence-electron chi connectivity index (χ2n) is 5.07. The van der Waals surface area contributed by atoms with Gasteiger partial charge >= 0.3 is 0 Å². The molecule has 0 fully saturated rings. The quantitative estimate of drug-likeness (QED) is 0.633. The molecule has 108 valence electrons. The summed E-state index contributed by atoms with van der Waals surface area (Å²) in [6, 6.07) is 8.12. The molecular weight excluding hydrogens is 316 g/mol. The molecule has 1 rings (SSSR count). The average molecular weight is 337 g/mol. The van der Waals surface area contributed by atoms with Gasteiger partial charge in [-0.25, -0.2) is 0 Å². The topological polar surface area (TPSA) is 29.5 Å². The van der Waals surface area contributed by atoms with Crippen LogP contribution in [-0.4, -0.2) is 23.4 Å². The van der Waals surface area contributed by atoms with Crippen molar-refractivity contribution in [2.75, 3.05) is 6.61 Å². The normalized spacial score (nSPS) is 12.4. The van der Waals surface area contributed by atoms with E-state index >= 15 is 0 Å². The van der Waals surface area contributed by atoms with Crippen LogP contribution in [0.25, 0.3) is 0 Å². The van der Waals surface area contributed by atoms with E-state index in [1.54, 1.807) is 19.9 Å². The molecule has 3 heteroatoms. The van der Waals surface area contributed by atoms with Crippen LogP contribution in [0, 0.1) is 11.8 Å². The van der Waals surface area contributed by atoms with Crippen LogP contribution < -0.4 is 0 Å². The molecule has 0 amide bonds. The van der Waals surface area contributed by atoms with Gasteiger partial charge in [0.15, 0.2) is 0 Å². The van der Waals surface area contributed by atoms with Gasteiger partial charge in [-0.2, -0.15) is 0 Å². The Balaban J connectivity index is 2.67. The van der Waals surface area contributed by atoms with Crippen molar-refractivity contribution in [3.8, 4) is 11.8 Å². The van der Waals surface area contributed by atoms with Crippen molar-refractivity contribution in [2.45, 2.75) is 38.4 Å². The van der Waals surface area contributed by atoms with Crippen molar-refractivity contribution in [3.05, 3.63) is 47.0 Å². The van der Waals surface area contributed by atoms with E-state index in [2.05, 4.69) is 40.4 Å².